The van der Waals surface area contributed by atoms with E-state index >= 15 is 0 Å². The molecule has 2 nitrogen and oxygen atoms in total. The third-order valence-corrected chi connectivity index (χ3v) is 1.87. The highest BCUT2D eigenvalue weighted by atomic mass is 16.1. The second kappa shape index (κ2) is 4.72. The maximum Gasteiger partial charge on any atom is 0.185 e. The number of ketones is 1. The normalized spacial score (nSPS) is 9.64. The molecule has 0 bridgehead atoms. The van der Waals surface area contributed by atoms with Gasteiger partial charge in [0, 0.05) is 12.1 Å². The van der Waals surface area contributed by atoms with Crippen LogP contribution in [0.4, 0.5) is 0 Å². The van der Waals surface area contributed by atoms with Gasteiger partial charge in [-0.1, -0.05) is 23.8 Å². The maximum atomic E-state index is 11.6. The molecule has 0 aliphatic heterocycles. The van der Waals surface area contributed by atoms with Gasteiger partial charge in [0.05, 0.1) is 0 Å². The monoisotopic (exact) mass is 189 g/mol. The summed E-state index contributed by atoms with van der Waals surface area (Å²) in [6, 6.07) is 7.41. The lowest BCUT2D eigenvalue weighted by molar-refractivity contribution is 0.104. The van der Waals surface area contributed by atoms with Crippen molar-refractivity contribution in [3.8, 4) is 0 Å². The van der Waals surface area contributed by atoms with Crippen LogP contribution in [0.25, 0.3) is 0 Å². The van der Waals surface area contributed by atoms with E-state index in [1.165, 1.54) is 0 Å². The molecule has 0 heterocycles. The summed E-state index contributed by atoms with van der Waals surface area (Å²) in [7, 11) is 0. The zero-order valence-corrected chi connectivity index (χ0v) is 8.58. The smallest absolute Gasteiger partial charge is 0.185 e. The molecular weight excluding hydrogens is 174 g/mol. The molecule has 0 fully saturated rings. The van der Waals surface area contributed by atoms with E-state index in [9.17, 15) is 4.79 Å². The quantitative estimate of drug-likeness (QED) is 0.585. The lowest BCUT2D eigenvalue weighted by Crippen LogP contribution is -2.00. The minimum Gasteiger partial charge on any atom is -0.326 e. The molecule has 2 N–H and O–H groups in total. The number of nitrogens with two attached hydrogens (primary N) is 1. The van der Waals surface area contributed by atoms with E-state index < -0.39 is 0 Å². The molecule has 1 rings (SSSR count). The molecule has 0 unspecified atom stereocenters. The van der Waals surface area contributed by atoms with Crippen molar-refractivity contribution in [2.45, 2.75) is 20.4 Å². The van der Waals surface area contributed by atoms with E-state index in [2.05, 4.69) is 0 Å². The Bertz CT molecular complexity index is 362. The fraction of sp³-hybridized carbons (Fsp3) is 0.250. The molecule has 74 valence electrons. The molecule has 0 saturated carbocycles. The predicted molar refractivity (Wildman–Crippen MR) is 58.1 cm³/mol. The SMILES string of the molecule is CC(C)=CC(=O)c1cccc(CN)c1. The second-order valence-electron chi connectivity index (χ2n) is 3.49. The number of allylic oxidation sites excluding steroid dienone is 2. The van der Waals surface area contributed by atoms with Gasteiger partial charge in [0.2, 0.25) is 0 Å². The Morgan fingerprint density at radius 3 is 2.71 bits per heavy atom. The standard InChI is InChI=1S/C12H15NO/c1-9(2)6-12(14)11-5-3-4-10(7-11)8-13/h3-7H,8,13H2,1-2H3. The number of carbonyl (C=O) groups is 1. The van der Waals surface area contributed by atoms with E-state index in [-0.39, 0.29) is 5.78 Å². The van der Waals surface area contributed by atoms with Gasteiger partial charge in [0.15, 0.2) is 5.78 Å². The van der Waals surface area contributed by atoms with Crippen LogP contribution in [0.5, 0.6) is 0 Å². The summed E-state index contributed by atoms with van der Waals surface area (Å²) in [5, 5.41) is 0. The highest BCUT2D eigenvalue weighted by Crippen LogP contribution is 2.07. The highest BCUT2D eigenvalue weighted by Gasteiger charge is 2.02. The van der Waals surface area contributed by atoms with Crippen molar-refractivity contribution in [3.05, 3.63) is 47.0 Å². The van der Waals surface area contributed by atoms with Crippen LogP contribution in [0.1, 0.15) is 29.8 Å². The Kier molecular flexibility index (Phi) is 3.60. The van der Waals surface area contributed by atoms with Gasteiger partial charge < -0.3 is 5.73 Å². The largest absolute Gasteiger partial charge is 0.326 e. The fourth-order valence-corrected chi connectivity index (χ4v) is 1.20. The lowest BCUT2D eigenvalue weighted by atomic mass is 10.1. The van der Waals surface area contributed by atoms with Gasteiger partial charge in [-0.05, 0) is 31.6 Å². The fourth-order valence-electron chi connectivity index (χ4n) is 1.20. The Balaban J connectivity index is 2.96. The molecule has 0 aliphatic rings. The molecule has 1 aromatic carbocycles. The Hall–Kier alpha value is -1.41. The van der Waals surface area contributed by atoms with E-state index in [1.54, 1.807) is 12.1 Å². The summed E-state index contributed by atoms with van der Waals surface area (Å²) in [5.41, 5.74) is 8.19. The first-order valence-electron chi connectivity index (χ1n) is 4.61. The van der Waals surface area contributed by atoms with Gasteiger partial charge in [-0.25, -0.2) is 0 Å². The van der Waals surface area contributed by atoms with Gasteiger partial charge in [0.1, 0.15) is 0 Å². The van der Waals surface area contributed by atoms with Crippen molar-refractivity contribution in [3.63, 3.8) is 0 Å². The Morgan fingerprint density at radius 1 is 1.43 bits per heavy atom. The number of rotatable bonds is 3. The zero-order valence-electron chi connectivity index (χ0n) is 8.58. The molecule has 0 spiro atoms. The third kappa shape index (κ3) is 2.82. The van der Waals surface area contributed by atoms with E-state index in [0.717, 1.165) is 11.1 Å². The topological polar surface area (TPSA) is 43.1 Å². The maximum absolute atomic E-state index is 11.6. The van der Waals surface area contributed by atoms with Crippen LogP contribution in [0, 0.1) is 0 Å². The summed E-state index contributed by atoms with van der Waals surface area (Å²) < 4.78 is 0. The molecule has 1 aromatic rings. The molecule has 2 heteroatoms. The summed E-state index contributed by atoms with van der Waals surface area (Å²) >= 11 is 0. The average Bonchev–Trinajstić information content (AvgIpc) is 2.17. The molecule has 0 aromatic heterocycles. The first-order chi connectivity index (χ1) is 6.63. The number of carbonyl (C=O) groups excluding carboxylic acids is 1. The number of benzene rings is 1. The van der Waals surface area contributed by atoms with Crippen molar-refractivity contribution >= 4 is 5.78 Å². The second-order valence-corrected chi connectivity index (χ2v) is 3.49. The third-order valence-electron chi connectivity index (χ3n) is 1.87. The van der Waals surface area contributed by atoms with Crippen LogP contribution in [-0.4, -0.2) is 5.78 Å². The van der Waals surface area contributed by atoms with Crippen LogP contribution in [0.2, 0.25) is 0 Å². The van der Waals surface area contributed by atoms with Gasteiger partial charge in [0.25, 0.3) is 0 Å². The predicted octanol–water partition coefficient (Wildman–Crippen LogP) is 2.29. The minimum absolute atomic E-state index is 0.0419. The van der Waals surface area contributed by atoms with Crippen LogP contribution >= 0.6 is 0 Å². The van der Waals surface area contributed by atoms with Crippen LogP contribution in [-0.2, 0) is 6.54 Å². The van der Waals surface area contributed by atoms with Crippen molar-refractivity contribution < 1.29 is 4.79 Å². The summed E-state index contributed by atoms with van der Waals surface area (Å²) in [6.45, 7) is 4.28. The number of hydrogen-bond acceptors (Lipinski definition) is 2. The molecule has 0 radical (unpaired) electrons. The Morgan fingerprint density at radius 2 is 2.14 bits per heavy atom. The van der Waals surface area contributed by atoms with Crippen LogP contribution in [0.15, 0.2) is 35.9 Å². The highest BCUT2D eigenvalue weighted by molar-refractivity contribution is 6.04. The minimum atomic E-state index is 0.0419. The van der Waals surface area contributed by atoms with Crippen molar-refractivity contribution in [1.82, 2.24) is 0 Å². The molecule has 0 atom stereocenters. The van der Waals surface area contributed by atoms with E-state index in [0.29, 0.717) is 12.1 Å². The van der Waals surface area contributed by atoms with Crippen molar-refractivity contribution in [2.24, 2.45) is 5.73 Å². The van der Waals surface area contributed by atoms with Crippen LogP contribution in [0.3, 0.4) is 0 Å². The van der Waals surface area contributed by atoms with Crippen molar-refractivity contribution in [1.29, 1.82) is 0 Å². The molecule has 14 heavy (non-hydrogen) atoms. The van der Waals surface area contributed by atoms with Gasteiger partial charge in [-0.15, -0.1) is 0 Å². The molecule has 0 saturated heterocycles. The number of hydrogen-bond donors (Lipinski definition) is 1. The summed E-state index contributed by atoms with van der Waals surface area (Å²) in [6.07, 6.45) is 1.63. The first kappa shape index (κ1) is 10.7. The lowest BCUT2D eigenvalue weighted by Gasteiger charge is -2.00. The summed E-state index contributed by atoms with van der Waals surface area (Å²) in [5.74, 6) is 0.0419. The molecular formula is C12H15NO. The van der Waals surface area contributed by atoms with E-state index in [4.69, 9.17) is 5.73 Å². The van der Waals surface area contributed by atoms with Crippen molar-refractivity contribution in [2.75, 3.05) is 0 Å². The Labute approximate surface area is 84.4 Å². The van der Waals surface area contributed by atoms with Gasteiger partial charge in [-0.3, -0.25) is 4.79 Å². The van der Waals surface area contributed by atoms with E-state index in [1.807, 2.05) is 32.0 Å². The molecule has 0 amide bonds. The van der Waals surface area contributed by atoms with Gasteiger partial charge in [-0.2, -0.15) is 0 Å². The van der Waals surface area contributed by atoms with Gasteiger partial charge >= 0.3 is 0 Å². The van der Waals surface area contributed by atoms with Crippen LogP contribution < -0.4 is 5.73 Å². The summed E-state index contributed by atoms with van der Waals surface area (Å²) in [4.78, 5) is 11.6. The average molecular weight is 189 g/mol. The molecule has 0 aliphatic carbocycles. The first-order valence-corrected chi connectivity index (χ1v) is 4.61. The zero-order chi connectivity index (χ0) is 10.6.